The smallest absolute Gasteiger partial charge is 0.314 e. The number of hydrogen-bond acceptors (Lipinski definition) is 3. The molecule has 1 atom stereocenters. The molecule has 1 fully saturated rings. The number of halogens is 3. The number of rotatable bonds is 3. The first-order valence-corrected chi connectivity index (χ1v) is 9.00. The minimum atomic E-state index is -4.33. The van der Waals surface area contributed by atoms with Gasteiger partial charge in [-0.25, -0.2) is 0 Å². The Balaban J connectivity index is 1.76. The highest BCUT2D eigenvalue weighted by Crippen LogP contribution is 2.33. The van der Waals surface area contributed by atoms with Crippen molar-refractivity contribution in [1.29, 1.82) is 0 Å². The molecule has 0 spiro atoms. The van der Waals surface area contributed by atoms with Gasteiger partial charge in [-0.15, -0.1) is 0 Å². The fraction of sp³-hybridized carbons (Fsp3) is 0.286. The van der Waals surface area contributed by atoms with Gasteiger partial charge in [0, 0.05) is 31.6 Å². The van der Waals surface area contributed by atoms with Crippen LogP contribution in [0.4, 0.5) is 13.2 Å². The lowest BCUT2D eigenvalue weighted by molar-refractivity contribution is -0.137. The second-order valence-electron chi connectivity index (χ2n) is 6.74. The number of para-hydroxylation sites is 1. The number of nitrogens with one attached hydrogen (secondary N) is 1. The number of fused-ring (bicyclic) bond motifs is 1. The number of hydrogen-bond donors (Lipinski definition) is 1. The van der Waals surface area contributed by atoms with Gasteiger partial charge in [0.1, 0.15) is 0 Å². The molecular formula is C21H20F3N3. The minimum Gasteiger partial charge on any atom is -0.314 e. The number of benzene rings is 2. The van der Waals surface area contributed by atoms with Crippen molar-refractivity contribution in [3.05, 3.63) is 77.5 Å². The molecule has 27 heavy (non-hydrogen) atoms. The Morgan fingerprint density at radius 2 is 1.59 bits per heavy atom. The normalized spacial score (nSPS) is 17.1. The summed E-state index contributed by atoms with van der Waals surface area (Å²) in [6, 6.07) is 17.2. The lowest BCUT2D eigenvalue weighted by atomic mass is 9.98. The van der Waals surface area contributed by atoms with Gasteiger partial charge in [-0.2, -0.15) is 13.2 Å². The van der Waals surface area contributed by atoms with E-state index in [0.29, 0.717) is 0 Å². The maximum atomic E-state index is 12.9. The van der Waals surface area contributed by atoms with Crippen LogP contribution in [0.5, 0.6) is 0 Å². The van der Waals surface area contributed by atoms with Crippen molar-refractivity contribution in [2.24, 2.45) is 0 Å². The first-order valence-electron chi connectivity index (χ1n) is 9.00. The topological polar surface area (TPSA) is 28.2 Å². The molecule has 0 radical (unpaired) electrons. The molecule has 140 valence electrons. The molecule has 4 rings (SSSR count). The lowest BCUT2D eigenvalue weighted by Gasteiger charge is -2.35. The average Bonchev–Trinajstić information content (AvgIpc) is 2.69. The van der Waals surface area contributed by atoms with E-state index >= 15 is 0 Å². The molecule has 0 bridgehead atoms. The Morgan fingerprint density at radius 3 is 2.30 bits per heavy atom. The van der Waals surface area contributed by atoms with E-state index in [9.17, 15) is 13.2 Å². The van der Waals surface area contributed by atoms with Crippen LogP contribution in [-0.2, 0) is 6.18 Å². The highest BCUT2D eigenvalue weighted by molar-refractivity contribution is 5.78. The van der Waals surface area contributed by atoms with Crippen LogP contribution >= 0.6 is 0 Å². The third-order valence-corrected chi connectivity index (χ3v) is 4.97. The van der Waals surface area contributed by atoms with Gasteiger partial charge in [0.25, 0.3) is 0 Å². The van der Waals surface area contributed by atoms with Gasteiger partial charge in [-0.3, -0.25) is 9.88 Å². The van der Waals surface area contributed by atoms with Crippen molar-refractivity contribution in [3.8, 4) is 0 Å². The Kier molecular flexibility index (Phi) is 4.85. The highest BCUT2D eigenvalue weighted by atomic mass is 19.4. The Morgan fingerprint density at radius 1 is 0.889 bits per heavy atom. The molecule has 2 heterocycles. The Labute approximate surface area is 155 Å². The molecule has 6 heteroatoms. The van der Waals surface area contributed by atoms with Crippen molar-refractivity contribution < 1.29 is 13.2 Å². The molecule has 1 N–H and O–H groups in total. The third-order valence-electron chi connectivity index (χ3n) is 4.97. The van der Waals surface area contributed by atoms with Crippen LogP contribution in [-0.4, -0.2) is 36.1 Å². The summed E-state index contributed by atoms with van der Waals surface area (Å²) in [7, 11) is 0. The second-order valence-corrected chi connectivity index (χ2v) is 6.74. The predicted molar refractivity (Wildman–Crippen MR) is 99.5 cm³/mol. The standard InChI is InChI=1S/C21H20F3N3/c22-21(23,24)17-8-5-16(6-9-17)20(27-13-11-25-12-14-27)19-10-7-15-3-1-2-4-18(15)26-19/h1-10,20,25H,11-14H2. The zero-order valence-electron chi connectivity index (χ0n) is 14.7. The van der Waals surface area contributed by atoms with Crippen LogP contribution < -0.4 is 5.32 Å². The van der Waals surface area contributed by atoms with Gasteiger partial charge in [0.15, 0.2) is 0 Å². The molecule has 1 aliphatic rings. The molecule has 1 aliphatic heterocycles. The van der Waals surface area contributed by atoms with Crippen LogP contribution in [0.1, 0.15) is 22.9 Å². The zero-order valence-corrected chi connectivity index (χ0v) is 14.7. The monoisotopic (exact) mass is 371 g/mol. The number of nitrogens with zero attached hydrogens (tertiary/aromatic N) is 2. The summed E-state index contributed by atoms with van der Waals surface area (Å²) in [5, 5.41) is 4.37. The molecule has 1 unspecified atom stereocenters. The number of aromatic nitrogens is 1. The van der Waals surface area contributed by atoms with Gasteiger partial charge in [-0.1, -0.05) is 36.4 Å². The van der Waals surface area contributed by atoms with E-state index in [1.807, 2.05) is 36.4 Å². The number of pyridine rings is 1. The summed E-state index contributed by atoms with van der Waals surface area (Å²) < 4.78 is 38.8. The SMILES string of the molecule is FC(F)(F)c1ccc(C(c2ccc3ccccc3n2)N2CCNCC2)cc1. The fourth-order valence-corrected chi connectivity index (χ4v) is 3.60. The zero-order chi connectivity index (χ0) is 18.9. The summed E-state index contributed by atoms with van der Waals surface area (Å²) in [5.74, 6) is 0. The number of alkyl halides is 3. The molecular weight excluding hydrogens is 351 g/mol. The molecule has 0 amide bonds. The second kappa shape index (κ2) is 7.29. The van der Waals surface area contributed by atoms with Crippen LogP contribution in [0, 0.1) is 0 Å². The maximum absolute atomic E-state index is 12.9. The van der Waals surface area contributed by atoms with Crippen molar-refractivity contribution >= 4 is 10.9 Å². The van der Waals surface area contributed by atoms with E-state index in [4.69, 9.17) is 4.98 Å². The summed E-state index contributed by atoms with van der Waals surface area (Å²) in [5.41, 5.74) is 1.95. The summed E-state index contributed by atoms with van der Waals surface area (Å²) in [4.78, 5) is 7.09. The van der Waals surface area contributed by atoms with Gasteiger partial charge in [0.05, 0.1) is 22.8 Å². The average molecular weight is 371 g/mol. The molecule has 0 aliphatic carbocycles. The lowest BCUT2D eigenvalue weighted by Crippen LogP contribution is -2.45. The molecule has 0 saturated carbocycles. The third kappa shape index (κ3) is 3.82. The largest absolute Gasteiger partial charge is 0.416 e. The molecule has 1 saturated heterocycles. The summed E-state index contributed by atoms with van der Waals surface area (Å²) >= 11 is 0. The van der Waals surface area contributed by atoms with E-state index in [-0.39, 0.29) is 6.04 Å². The van der Waals surface area contributed by atoms with E-state index in [1.54, 1.807) is 12.1 Å². The number of piperazine rings is 1. The summed E-state index contributed by atoms with van der Waals surface area (Å²) in [6.07, 6.45) is -4.33. The first-order chi connectivity index (χ1) is 13.0. The van der Waals surface area contributed by atoms with Gasteiger partial charge >= 0.3 is 6.18 Å². The minimum absolute atomic E-state index is 0.168. The van der Waals surface area contributed by atoms with Crippen LogP contribution in [0.3, 0.4) is 0 Å². The van der Waals surface area contributed by atoms with Gasteiger partial charge in [-0.05, 0) is 29.8 Å². The van der Waals surface area contributed by atoms with E-state index in [0.717, 1.165) is 60.5 Å². The highest BCUT2D eigenvalue weighted by Gasteiger charge is 2.31. The molecule has 3 aromatic rings. The van der Waals surface area contributed by atoms with Crippen molar-refractivity contribution in [3.63, 3.8) is 0 Å². The summed E-state index contributed by atoms with van der Waals surface area (Å²) in [6.45, 7) is 3.34. The maximum Gasteiger partial charge on any atom is 0.416 e. The van der Waals surface area contributed by atoms with E-state index in [1.165, 1.54) is 0 Å². The van der Waals surface area contributed by atoms with Crippen molar-refractivity contribution in [2.75, 3.05) is 26.2 Å². The Bertz CT molecular complexity index is 916. The van der Waals surface area contributed by atoms with E-state index in [2.05, 4.69) is 10.2 Å². The fourth-order valence-electron chi connectivity index (χ4n) is 3.60. The van der Waals surface area contributed by atoms with E-state index < -0.39 is 11.7 Å². The van der Waals surface area contributed by atoms with Crippen LogP contribution in [0.25, 0.3) is 10.9 Å². The Hall–Kier alpha value is -2.44. The van der Waals surface area contributed by atoms with Crippen LogP contribution in [0.15, 0.2) is 60.7 Å². The van der Waals surface area contributed by atoms with Gasteiger partial charge in [0.2, 0.25) is 0 Å². The predicted octanol–water partition coefficient (Wildman–Crippen LogP) is 4.25. The van der Waals surface area contributed by atoms with Crippen molar-refractivity contribution in [2.45, 2.75) is 12.2 Å². The van der Waals surface area contributed by atoms with Crippen LogP contribution in [0.2, 0.25) is 0 Å². The van der Waals surface area contributed by atoms with Gasteiger partial charge < -0.3 is 5.32 Å². The molecule has 2 aromatic carbocycles. The van der Waals surface area contributed by atoms with Crippen molar-refractivity contribution in [1.82, 2.24) is 15.2 Å². The molecule has 1 aromatic heterocycles. The molecule has 3 nitrogen and oxygen atoms in total. The quantitative estimate of drug-likeness (QED) is 0.746. The first kappa shape index (κ1) is 17.9.